The summed E-state index contributed by atoms with van der Waals surface area (Å²) in [5, 5.41) is 3.49. The topological polar surface area (TPSA) is 30.5 Å². The van der Waals surface area contributed by atoms with Crippen LogP contribution in [0.2, 0.25) is 0 Å². The van der Waals surface area contributed by atoms with E-state index in [9.17, 15) is 0 Å². The first kappa shape index (κ1) is 14.4. The Hall–Kier alpha value is -1.06. The molecule has 1 aliphatic carbocycles. The van der Waals surface area contributed by atoms with Gasteiger partial charge >= 0.3 is 0 Å². The first-order chi connectivity index (χ1) is 9.33. The largest absolute Gasteiger partial charge is 0.494 e. The van der Waals surface area contributed by atoms with Gasteiger partial charge in [0.25, 0.3) is 0 Å². The number of hydrogen-bond acceptors (Lipinski definition) is 3. The molecule has 1 aliphatic rings. The molecule has 1 unspecified atom stereocenters. The first-order valence-electron chi connectivity index (χ1n) is 7.41. The summed E-state index contributed by atoms with van der Waals surface area (Å²) in [5.74, 6) is 0.932. The standard InChI is InChI=1S/C16H25NO2/c1-3-17-16(12-19-14-6-5-7-14)13-8-10-15(11-9-13)18-4-2/h8-11,14,16-17H,3-7,12H2,1-2H3. The minimum absolute atomic E-state index is 0.279. The van der Waals surface area contributed by atoms with Crippen LogP contribution in [-0.4, -0.2) is 25.9 Å². The molecule has 19 heavy (non-hydrogen) atoms. The normalized spacial score (nSPS) is 16.9. The van der Waals surface area contributed by atoms with E-state index in [0.29, 0.717) is 12.7 Å². The summed E-state index contributed by atoms with van der Waals surface area (Å²) >= 11 is 0. The van der Waals surface area contributed by atoms with Crippen molar-refractivity contribution in [1.82, 2.24) is 5.32 Å². The molecular weight excluding hydrogens is 238 g/mol. The molecule has 1 fully saturated rings. The number of likely N-dealkylation sites (N-methyl/N-ethyl adjacent to an activating group) is 1. The second-order valence-corrected chi connectivity index (χ2v) is 5.00. The molecule has 0 bridgehead atoms. The van der Waals surface area contributed by atoms with E-state index in [1.54, 1.807) is 0 Å². The molecule has 2 rings (SSSR count). The van der Waals surface area contributed by atoms with E-state index in [0.717, 1.165) is 18.9 Å². The van der Waals surface area contributed by atoms with Gasteiger partial charge in [-0.2, -0.15) is 0 Å². The molecule has 1 N–H and O–H groups in total. The fourth-order valence-electron chi connectivity index (χ4n) is 2.25. The van der Waals surface area contributed by atoms with Crippen molar-refractivity contribution >= 4 is 0 Å². The van der Waals surface area contributed by atoms with E-state index in [1.807, 2.05) is 19.1 Å². The van der Waals surface area contributed by atoms with E-state index in [2.05, 4.69) is 24.4 Å². The van der Waals surface area contributed by atoms with Crippen LogP contribution in [0.3, 0.4) is 0 Å². The number of hydrogen-bond donors (Lipinski definition) is 1. The molecule has 0 aliphatic heterocycles. The van der Waals surface area contributed by atoms with Crippen molar-refractivity contribution in [3.63, 3.8) is 0 Å². The average molecular weight is 263 g/mol. The maximum Gasteiger partial charge on any atom is 0.119 e. The highest BCUT2D eigenvalue weighted by atomic mass is 16.5. The fourth-order valence-corrected chi connectivity index (χ4v) is 2.25. The van der Waals surface area contributed by atoms with Gasteiger partial charge in [-0.05, 0) is 50.4 Å². The molecule has 0 heterocycles. The maximum absolute atomic E-state index is 5.93. The molecule has 0 amide bonds. The third-order valence-electron chi connectivity index (χ3n) is 3.59. The number of benzene rings is 1. The van der Waals surface area contributed by atoms with Gasteiger partial charge in [-0.3, -0.25) is 0 Å². The number of nitrogens with one attached hydrogen (secondary N) is 1. The van der Waals surface area contributed by atoms with E-state index in [1.165, 1.54) is 24.8 Å². The van der Waals surface area contributed by atoms with Gasteiger partial charge in [0.2, 0.25) is 0 Å². The van der Waals surface area contributed by atoms with Gasteiger partial charge in [-0.25, -0.2) is 0 Å². The summed E-state index contributed by atoms with van der Waals surface area (Å²) in [5.41, 5.74) is 1.27. The van der Waals surface area contributed by atoms with Crippen molar-refractivity contribution in [2.24, 2.45) is 0 Å². The molecule has 3 nitrogen and oxygen atoms in total. The average Bonchev–Trinajstić information content (AvgIpc) is 2.37. The van der Waals surface area contributed by atoms with E-state index >= 15 is 0 Å². The fraction of sp³-hybridized carbons (Fsp3) is 0.625. The van der Waals surface area contributed by atoms with Crippen molar-refractivity contribution in [2.75, 3.05) is 19.8 Å². The van der Waals surface area contributed by atoms with Crippen molar-refractivity contribution in [1.29, 1.82) is 0 Å². The highest BCUT2D eigenvalue weighted by molar-refractivity contribution is 5.29. The summed E-state index contributed by atoms with van der Waals surface area (Å²) in [4.78, 5) is 0. The molecule has 3 heteroatoms. The monoisotopic (exact) mass is 263 g/mol. The SMILES string of the molecule is CCNC(COC1CCC1)c1ccc(OCC)cc1. The predicted molar refractivity (Wildman–Crippen MR) is 77.6 cm³/mol. The van der Waals surface area contributed by atoms with Gasteiger partial charge in [0.1, 0.15) is 5.75 Å². The molecule has 1 atom stereocenters. The van der Waals surface area contributed by atoms with Crippen LogP contribution in [0.1, 0.15) is 44.7 Å². The summed E-state index contributed by atoms with van der Waals surface area (Å²) in [6, 6.07) is 8.60. The van der Waals surface area contributed by atoms with Crippen LogP contribution in [0.5, 0.6) is 5.75 Å². The highest BCUT2D eigenvalue weighted by Crippen LogP contribution is 2.24. The van der Waals surface area contributed by atoms with Crippen LogP contribution < -0.4 is 10.1 Å². The Bertz CT molecular complexity index is 360. The van der Waals surface area contributed by atoms with Gasteiger partial charge < -0.3 is 14.8 Å². The van der Waals surface area contributed by atoms with Crippen molar-refractivity contribution < 1.29 is 9.47 Å². The van der Waals surface area contributed by atoms with Gasteiger partial charge in [-0.1, -0.05) is 19.1 Å². The molecule has 1 aromatic rings. The van der Waals surface area contributed by atoms with E-state index in [-0.39, 0.29) is 6.04 Å². The van der Waals surface area contributed by atoms with E-state index in [4.69, 9.17) is 9.47 Å². The third-order valence-corrected chi connectivity index (χ3v) is 3.59. The van der Waals surface area contributed by atoms with Crippen molar-refractivity contribution in [3.05, 3.63) is 29.8 Å². The number of rotatable bonds is 8. The second kappa shape index (κ2) is 7.51. The Balaban J connectivity index is 1.91. The molecular formula is C16H25NO2. The number of ether oxygens (including phenoxy) is 2. The Morgan fingerprint density at radius 3 is 2.47 bits per heavy atom. The maximum atomic E-state index is 5.93. The Labute approximate surface area is 116 Å². The highest BCUT2D eigenvalue weighted by Gasteiger charge is 2.20. The van der Waals surface area contributed by atoms with Crippen molar-refractivity contribution in [2.45, 2.75) is 45.3 Å². The van der Waals surface area contributed by atoms with Gasteiger partial charge in [0, 0.05) is 0 Å². The summed E-state index contributed by atoms with van der Waals surface area (Å²) < 4.78 is 11.4. The molecule has 0 radical (unpaired) electrons. The lowest BCUT2D eigenvalue weighted by atomic mass is 9.96. The van der Waals surface area contributed by atoms with Crippen LogP contribution in [0, 0.1) is 0 Å². The lowest BCUT2D eigenvalue weighted by Crippen LogP contribution is -2.30. The molecule has 0 spiro atoms. The molecule has 1 saturated carbocycles. The lowest BCUT2D eigenvalue weighted by Gasteiger charge is -2.28. The Morgan fingerprint density at radius 1 is 1.21 bits per heavy atom. The zero-order valence-corrected chi connectivity index (χ0v) is 12.0. The van der Waals surface area contributed by atoms with Crippen LogP contribution in [-0.2, 0) is 4.74 Å². The van der Waals surface area contributed by atoms with Crippen molar-refractivity contribution in [3.8, 4) is 5.75 Å². The van der Waals surface area contributed by atoms with E-state index < -0.39 is 0 Å². The first-order valence-corrected chi connectivity index (χ1v) is 7.41. The van der Waals surface area contributed by atoms with Crippen LogP contribution >= 0.6 is 0 Å². The lowest BCUT2D eigenvalue weighted by molar-refractivity contribution is -0.00861. The van der Waals surface area contributed by atoms with Gasteiger partial charge in [-0.15, -0.1) is 0 Å². The minimum Gasteiger partial charge on any atom is -0.494 e. The molecule has 0 aromatic heterocycles. The minimum atomic E-state index is 0.279. The quantitative estimate of drug-likeness (QED) is 0.780. The molecule has 106 valence electrons. The zero-order chi connectivity index (χ0) is 13.5. The van der Waals surface area contributed by atoms with Gasteiger partial charge in [0.15, 0.2) is 0 Å². The summed E-state index contributed by atoms with van der Waals surface area (Å²) in [6.07, 6.45) is 4.26. The second-order valence-electron chi connectivity index (χ2n) is 5.00. The summed E-state index contributed by atoms with van der Waals surface area (Å²) in [7, 11) is 0. The molecule has 0 saturated heterocycles. The zero-order valence-electron chi connectivity index (χ0n) is 12.0. The smallest absolute Gasteiger partial charge is 0.119 e. The van der Waals surface area contributed by atoms with Crippen LogP contribution in [0.15, 0.2) is 24.3 Å². The van der Waals surface area contributed by atoms with Crippen LogP contribution in [0.4, 0.5) is 0 Å². The summed E-state index contributed by atoms with van der Waals surface area (Å²) in [6.45, 7) is 6.55. The molecule has 1 aromatic carbocycles. The Kier molecular flexibility index (Phi) is 5.67. The third kappa shape index (κ3) is 4.22. The van der Waals surface area contributed by atoms with Crippen LogP contribution in [0.25, 0.3) is 0 Å². The van der Waals surface area contributed by atoms with Gasteiger partial charge in [0.05, 0.1) is 25.4 Å². The Morgan fingerprint density at radius 2 is 1.95 bits per heavy atom. The predicted octanol–water partition coefficient (Wildman–Crippen LogP) is 3.31.